The van der Waals surface area contributed by atoms with Gasteiger partial charge in [0.25, 0.3) is 5.91 Å². The average molecular weight is 394 g/mol. The molecule has 0 unspecified atom stereocenters. The number of pyridine rings is 1. The van der Waals surface area contributed by atoms with Crippen LogP contribution in [0.2, 0.25) is 0 Å². The highest BCUT2D eigenvalue weighted by atomic mass is 19.4. The molecule has 2 aromatic carbocycles. The van der Waals surface area contributed by atoms with Gasteiger partial charge in [0.2, 0.25) is 0 Å². The predicted molar refractivity (Wildman–Crippen MR) is 102 cm³/mol. The van der Waals surface area contributed by atoms with Crippen molar-refractivity contribution in [2.45, 2.75) is 6.18 Å². The third-order valence-corrected chi connectivity index (χ3v) is 4.22. The molecule has 4 rings (SSSR count). The van der Waals surface area contributed by atoms with E-state index in [0.29, 0.717) is 16.7 Å². The predicted octanol–water partition coefficient (Wildman–Crippen LogP) is 4.96. The minimum atomic E-state index is -4.46. The van der Waals surface area contributed by atoms with Gasteiger partial charge in [0.15, 0.2) is 0 Å². The molecule has 0 fully saturated rings. The number of hydrogen-bond acceptors (Lipinski definition) is 4. The van der Waals surface area contributed by atoms with E-state index in [4.69, 9.17) is 0 Å². The molecular weight excluding hydrogens is 381 g/mol. The summed E-state index contributed by atoms with van der Waals surface area (Å²) in [5.41, 5.74) is 1.24. The Kier molecular flexibility index (Phi) is 4.67. The van der Waals surface area contributed by atoms with Crippen LogP contribution >= 0.6 is 0 Å². The fourth-order valence-electron chi connectivity index (χ4n) is 2.85. The first-order valence-corrected chi connectivity index (χ1v) is 8.56. The van der Waals surface area contributed by atoms with Crippen molar-refractivity contribution in [1.82, 2.24) is 15.0 Å². The fourth-order valence-corrected chi connectivity index (χ4v) is 2.85. The summed E-state index contributed by atoms with van der Waals surface area (Å²) < 4.78 is 39.1. The van der Waals surface area contributed by atoms with Crippen molar-refractivity contribution in [2.24, 2.45) is 0 Å². The number of para-hydroxylation sites is 1. The smallest absolute Gasteiger partial charge is 0.321 e. The van der Waals surface area contributed by atoms with Crippen molar-refractivity contribution in [3.63, 3.8) is 0 Å². The van der Waals surface area contributed by atoms with Crippen LogP contribution in [-0.4, -0.2) is 20.9 Å². The second kappa shape index (κ2) is 7.31. The molecule has 0 spiro atoms. The van der Waals surface area contributed by atoms with Crippen LogP contribution < -0.4 is 5.32 Å². The molecule has 0 aliphatic heterocycles. The Labute approximate surface area is 163 Å². The molecular formula is C21H13F3N4O. The van der Waals surface area contributed by atoms with E-state index in [0.717, 1.165) is 12.1 Å². The SMILES string of the molecule is O=C(Nc1cccnc1)c1cccc2ncc(-c3cccc(C(F)(F)F)c3)nc12. The Balaban J connectivity index is 1.76. The summed E-state index contributed by atoms with van der Waals surface area (Å²) in [6.45, 7) is 0. The van der Waals surface area contributed by atoms with Crippen LogP contribution in [-0.2, 0) is 6.18 Å². The number of halogens is 3. The van der Waals surface area contributed by atoms with E-state index >= 15 is 0 Å². The first-order chi connectivity index (χ1) is 13.9. The number of rotatable bonds is 3. The van der Waals surface area contributed by atoms with Crippen LogP contribution in [0.4, 0.5) is 18.9 Å². The van der Waals surface area contributed by atoms with E-state index in [1.165, 1.54) is 24.5 Å². The molecule has 0 atom stereocenters. The standard InChI is InChI=1S/C21H13F3N4O/c22-21(23,24)14-5-1-4-13(10-14)18-12-26-17-8-2-7-16(19(17)28-18)20(29)27-15-6-3-9-25-11-15/h1-12H,(H,27,29). The summed E-state index contributed by atoms with van der Waals surface area (Å²) in [5, 5.41) is 2.72. The summed E-state index contributed by atoms with van der Waals surface area (Å²) in [4.78, 5) is 25.3. The van der Waals surface area contributed by atoms with Gasteiger partial charge < -0.3 is 5.32 Å². The number of fused-ring (bicyclic) bond motifs is 1. The van der Waals surface area contributed by atoms with Gasteiger partial charge >= 0.3 is 6.18 Å². The van der Waals surface area contributed by atoms with Gasteiger partial charge in [0, 0.05) is 11.8 Å². The van der Waals surface area contributed by atoms with Crippen molar-refractivity contribution in [1.29, 1.82) is 0 Å². The Morgan fingerprint density at radius 3 is 2.55 bits per heavy atom. The minimum Gasteiger partial charge on any atom is -0.321 e. The second-order valence-corrected chi connectivity index (χ2v) is 6.20. The zero-order valence-corrected chi connectivity index (χ0v) is 14.8. The summed E-state index contributed by atoms with van der Waals surface area (Å²) >= 11 is 0. The van der Waals surface area contributed by atoms with E-state index in [-0.39, 0.29) is 16.8 Å². The van der Waals surface area contributed by atoms with E-state index < -0.39 is 17.6 Å². The van der Waals surface area contributed by atoms with Crippen LogP contribution in [0.1, 0.15) is 15.9 Å². The molecule has 0 bridgehead atoms. The molecule has 4 aromatic rings. The topological polar surface area (TPSA) is 67.8 Å². The molecule has 1 amide bonds. The van der Waals surface area contributed by atoms with E-state index in [2.05, 4.69) is 20.3 Å². The molecule has 2 heterocycles. The monoisotopic (exact) mass is 394 g/mol. The van der Waals surface area contributed by atoms with Gasteiger partial charge in [-0.2, -0.15) is 13.2 Å². The number of carbonyl (C=O) groups is 1. The summed E-state index contributed by atoms with van der Waals surface area (Å²) in [7, 11) is 0. The van der Waals surface area contributed by atoms with Crippen molar-refractivity contribution in [3.05, 3.63) is 84.3 Å². The molecule has 0 radical (unpaired) electrons. The highest BCUT2D eigenvalue weighted by Crippen LogP contribution is 2.32. The van der Waals surface area contributed by atoms with Crippen molar-refractivity contribution < 1.29 is 18.0 Å². The van der Waals surface area contributed by atoms with Gasteiger partial charge in [-0.3, -0.25) is 14.8 Å². The molecule has 144 valence electrons. The first-order valence-electron chi connectivity index (χ1n) is 8.56. The maximum atomic E-state index is 13.0. The lowest BCUT2D eigenvalue weighted by Gasteiger charge is -2.10. The van der Waals surface area contributed by atoms with Crippen molar-refractivity contribution in [3.8, 4) is 11.3 Å². The summed E-state index contributed by atoms with van der Waals surface area (Å²) in [6, 6.07) is 13.1. The van der Waals surface area contributed by atoms with Crippen molar-refractivity contribution >= 4 is 22.6 Å². The quantitative estimate of drug-likeness (QED) is 0.533. The van der Waals surface area contributed by atoms with Gasteiger partial charge in [-0.05, 0) is 36.4 Å². The van der Waals surface area contributed by atoms with Gasteiger partial charge in [-0.15, -0.1) is 0 Å². The second-order valence-electron chi connectivity index (χ2n) is 6.20. The Bertz CT molecular complexity index is 1190. The lowest BCUT2D eigenvalue weighted by atomic mass is 10.1. The number of carbonyl (C=O) groups excluding carboxylic acids is 1. The number of benzene rings is 2. The van der Waals surface area contributed by atoms with Crippen LogP contribution in [0.25, 0.3) is 22.3 Å². The maximum absolute atomic E-state index is 13.0. The molecule has 1 N–H and O–H groups in total. The third-order valence-electron chi connectivity index (χ3n) is 4.22. The highest BCUT2D eigenvalue weighted by molar-refractivity contribution is 6.11. The largest absolute Gasteiger partial charge is 0.416 e. The number of hydrogen-bond donors (Lipinski definition) is 1. The number of anilines is 1. The van der Waals surface area contributed by atoms with Gasteiger partial charge in [0.05, 0.1) is 40.4 Å². The molecule has 0 saturated heterocycles. The average Bonchev–Trinajstić information content (AvgIpc) is 2.73. The van der Waals surface area contributed by atoms with Gasteiger partial charge in [-0.25, -0.2) is 4.98 Å². The highest BCUT2D eigenvalue weighted by Gasteiger charge is 2.30. The van der Waals surface area contributed by atoms with Crippen LogP contribution in [0.15, 0.2) is 73.2 Å². The molecule has 0 saturated carbocycles. The fraction of sp³-hybridized carbons (Fsp3) is 0.0476. The number of alkyl halides is 3. The van der Waals surface area contributed by atoms with Crippen molar-refractivity contribution in [2.75, 3.05) is 5.32 Å². The lowest BCUT2D eigenvalue weighted by Crippen LogP contribution is -2.13. The normalized spacial score (nSPS) is 11.4. The van der Waals surface area contributed by atoms with Crippen LogP contribution in [0.5, 0.6) is 0 Å². The molecule has 2 aromatic heterocycles. The van der Waals surface area contributed by atoms with E-state index in [1.54, 1.807) is 36.5 Å². The van der Waals surface area contributed by atoms with Gasteiger partial charge in [0.1, 0.15) is 5.52 Å². The van der Waals surface area contributed by atoms with E-state index in [9.17, 15) is 18.0 Å². The zero-order valence-electron chi connectivity index (χ0n) is 14.8. The Hall–Kier alpha value is -3.81. The molecule has 29 heavy (non-hydrogen) atoms. The third kappa shape index (κ3) is 3.91. The molecule has 5 nitrogen and oxygen atoms in total. The first kappa shape index (κ1) is 18.5. The summed E-state index contributed by atoms with van der Waals surface area (Å²) in [6.07, 6.45) is 0.0127. The summed E-state index contributed by atoms with van der Waals surface area (Å²) in [5.74, 6) is -0.418. The number of amides is 1. The molecule has 0 aliphatic rings. The number of nitrogens with zero attached hydrogens (tertiary/aromatic N) is 3. The molecule has 8 heteroatoms. The minimum absolute atomic E-state index is 0.241. The number of nitrogens with one attached hydrogen (secondary N) is 1. The lowest BCUT2D eigenvalue weighted by molar-refractivity contribution is -0.137. The Morgan fingerprint density at radius 2 is 1.79 bits per heavy atom. The zero-order chi connectivity index (χ0) is 20.4. The molecule has 0 aliphatic carbocycles. The van der Waals surface area contributed by atoms with Crippen LogP contribution in [0.3, 0.4) is 0 Å². The van der Waals surface area contributed by atoms with Gasteiger partial charge in [-0.1, -0.05) is 18.2 Å². The van der Waals surface area contributed by atoms with Crippen LogP contribution in [0, 0.1) is 0 Å². The maximum Gasteiger partial charge on any atom is 0.416 e. The Morgan fingerprint density at radius 1 is 0.966 bits per heavy atom. The van der Waals surface area contributed by atoms with E-state index in [1.807, 2.05) is 0 Å². The number of aromatic nitrogens is 3.